The van der Waals surface area contributed by atoms with Crippen molar-refractivity contribution in [2.45, 2.75) is 12.5 Å². The maximum absolute atomic E-state index is 13.2. The van der Waals surface area contributed by atoms with Crippen molar-refractivity contribution in [2.24, 2.45) is 0 Å². The third-order valence-corrected chi connectivity index (χ3v) is 4.93. The van der Waals surface area contributed by atoms with E-state index in [1.807, 2.05) is 30.3 Å². The van der Waals surface area contributed by atoms with Crippen LogP contribution >= 0.6 is 0 Å². The van der Waals surface area contributed by atoms with E-state index in [4.69, 9.17) is 4.74 Å². The van der Waals surface area contributed by atoms with E-state index < -0.39 is 12.0 Å². The molecule has 4 rings (SSSR count). The number of aromatic nitrogens is 2. The normalized spacial score (nSPS) is 15.8. The number of carboxylic acids is 1. The van der Waals surface area contributed by atoms with Gasteiger partial charge in [-0.2, -0.15) is 0 Å². The van der Waals surface area contributed by atoms with Crippen LogP contribution in [0.15, 0.2) is 54.9 Å². The number of hydrogen-bond acceptors (Lipinski definition) is 4. The van der Waals surface area contributed by atoms with E-state index in [0.29, 0.717) is 24.2 Å². The molecule has 3 aromatic rings. The maximum Gasteiger partial charge on any atom is 0.332 e. The molecule has 0 spiro atoms. The van der Waals surface area contributed by atoms with Crippen molar-refractivity contribution in [1.29, 1.82) is 0 Å². The lowest BCUT2D eigenvalue weighted by Crippen LogP contribution is -2.43. The molecule has 28 heavy (non-hydrogen) atoms. The van der Waals surface area contributed by atoms with Gasteiger partial charge in [0.05, 0.1) is 19.1 Å². The second-order valence-electron chi connectivity index (χ2n) is 6.57. The Bertz CT molecular complexity index is 1040. The Morgan fingerprint density at radius 2 is 1.93 bits per heavy atom. The van der Waals surface area contributed by atoms with Crippen LogP contribution in [0.25, 0.3) is 11.1 Å². The number of amides is 1. The molecule has 1 atom stereocenters. The summed E-state index contributed by atoms with van der Waals surface area (Å²) in [5.41, 5.74) is 3.37. The number of carbonyl (C=O) groups is 2. The molecule has 1 aliphatic heterocycles. The topological polar surface area (TPSA) is 95.5 Å². The van der Waals surface area contributed by atoms with Gasteiger partial charge in [-0.25, -0.2) is 9.78 Å². The molecule has 7 nitrogen and oxygen atoms in total. The Hall–Kier alpha value is -3.61. The third-order valence-electron chi connectivity index (χ3n) is 4.93. The van der Waals surface area contributed by atoms with Crippen LogP contribution in [0.2, 0.25) is 0 Å². The van der Waals surface area contributed by atoms with Gasteiger partial charge in [0.25, 0.3) is 5.91 Å². The second-order valence-corrected chi connectivity index (χ2v) is 6.57. The molecule has 0 saturated carbocycles. The fourth-order valence-corrected chi connectivity index (χ4v) is 3.55. The molecule has 1 amide bonds. The lowest BCUT2D eigenvalue weighted by Gasteiger charge is -2.32. The van der Waals surface area contributed by atoms with Crippen molar-refractivity contribution in [3.63, 3.8) is 0 Å². The Morgan fingerprint density at radius 1 is 1.18 bits per heavy atom. The van der Waals surface area contributed by atoms with Crippen LogP contribution < -0.4 is 4.74 Å². The van der Waals surface area contributed by atoms with E-state index in [2.05, 4.69) is 9.97 Å². The Morgan fingerprint density at radius 3 is 2.68 bits per heavy atom. The monoisotopic (exact) mass is 377 g/mol. The molecule has 2 heterocycles. The highest BCUT2D eigenvalue weighted by molar-refractivity contribution is 5.98. The lowest BCUT2D eigenvalue weighted by atomic mass is 9.99. The van der Waals surface area contributed by atoms with Crippen molar-refractivity contribution in [2.75, 3.05) is 13.7 Å². The van der Waals surface area contributed by atoms with Crippen molar-refractivity contribution in [1.82, 2.24) is 14.9 Å². The van der Waals surface area contributed by atoms with Crippen molar-refractivity contribution in [3.05, 3.63) is 71.8 Å². The number of rotatable bonds is 4. The Labute approximate surface area is 161 Å². The molecule has 1 aliphatic rings. The summed E-state index contributed by atoms with van der Waals surface area (Å²) in [5, 5.41) is 9.70. The number of fused-ring (bicyclic) bond motifs is 1. The largest absolute Gasteiger partial charge is 0.497 e. The number of hydrogen-bond donors (Lipinski definition) is 2. The fraction of sp³-hybridized carbons (Fsp3) is 0.190. The molecular weight excluding hydrogens is 358 g/mol. The number of carbonyl (C=O) groups excluding carboxylic acids is 1. The molecule has 0 fully saturated rings. The molecule has 1 unspecified atom stereocenters. The minimum absolute atomic E-state index is 0.314. The van der Waals surface area contributed by atoms with Gasteiger partial charge in [-0.05, 0) is 35.4 Å². The molecular formula is C21H19N3O4. The first-order valence-corrected chi connectivity index (χ1v) is 8.89. The first-order chi connectivity index (χ1) is 13.6. The highest BCUT2D eigenvalue weighted by Crippen LogP contribution is 2.30. The molecule has 2 aromatic carbocycles. The van der Waals surface area contributed by atoms with Crippen LogP contribution in [0.3, 0.4) is 0 Å². The number of imidazole rings is 1. The molecule has 0 bridgehead atoms. The lowest BCUT2D eigenvalue weighted by molar-refractivity contribution is -0.143. The zero-order valence-corrected chi connectivity index (χ0v) is 15.3. The number of ether oxygens (including phenoxy) is 1. The number of aromatic amines is 1. The summed E-state index contributed by atoms with van der Waals surface area (Å²) >= 11 is 0. The van der Waals surface area contributed by atoms with Crippen LogP contribution in [-0.2, 0) is 11.2 Å². The first kappa shape index (κ1) is 17.8. The van der Waals surface area contributed by atoms with Crippen LogP contribution in [0.1, 0.15) is 27.8 Å². The van der Waals surface area contributed by atoms with Gasteiger partial charge < -0.3 is 19.7 Å². The van der Waals surface area contributed by atoms with Crippen molar-refractivity contribution < 1.29 is 19.4 Å². The highest BCUT2D eigenvalue weighted by atomic mass is 16.5. The van der Waals surface area contributed by atoms with Crippen LogP contribution in [-0.4, -0.2) is 45.5 Å². The quantitative estimate of drug-likeness (QED) is 0.729. The SMILES string of the molecule is COc1cccc(-c2cccc(C(=O)N3CCc4[nH]cnc4C3C(=O)O)c2)c1. The smallest absolute Gasteiger partial charge is 0.332 e. The van der Waals surface area contributed by atoms with Gasteiger partial charge in [-0.15, -0.1) is 0 Å². The Balaban J connectivity index is 1.68. The summed E-state index contributed by atoms with van der Waals surface area (Å²) in [5.74, 6) is -0.696. The number of methoxy groups -OCH3 is 1. The minimum atomic E-state index is -1.09. The minimum Gasteiger partial charge on any atom is -0.497 e. The average molecular weight is 377 g/mol. The van der Waals surface area contributed by atoms with Gasteiger partial charge in [0, 0.05) is 24.2 Å². The van der Waals surface area contributed by atoms with Crippen LogP contribution in [0.5, 0.6) is 5.75 Å². The number of aliphatic carboxylic acids is 1. The molecule has 2 N–H and O–H groups in total. The maximum atomic E-state index is 13.2. The molecule has 7 heteroatoms. The Kier molecular flexibility index (Phi) is 4.57. The number of nitrogens with one attached hydrogen (secondary N) is 1. The number of carboxylic acid groups (broad SMARTS) is 1. The summed E-state index contributed by atoms with van der Waals surface area (Å²) in [7, 11) is 1.60. The van der Waals surface area contributed by atoms with Crippen LogP contribution in [0, 0.1) is 0 Å². The van der Waals surface area contributed by atoms with Gasteiger partial charge in [0.1, 0.15) is 5.75 Å². The standard InChI is InChI=1S/C21H19N3O4/c1-28-16-7-3-5-14(11-16)13-4-2-6-15(10-13)20(25)24-9-8-17-18(23-12-22-17)19(24)21(26)27/h2-7,10-12,19H,8-9H2,1H3,(H,22,23)(H,26,27). The van der Waals surface area contributed by atoms with Gasteiger partial charge >= 0.3 is 5.97 Å². The molecule has 0 saturated heterocycles. The zero-order chi connectivity index (χ0) is 19.7. The van der Waals surface area contributed by atoms with Gasteiger partial charge in [0.2, 0.25) is 0 Å². The summed E-state index contributed by atoms with van der Waals surface area (Å²) in [4.78, 5) is 33.5. The average Bonchev–Trinajstić information content (AvgIpc) is 3.21. The fourth-order valence-electron chi connectivity index (χ4n) is 3.55. The van der Waals surface area contributed by atoms with Crippen molar-refractivity contribution >= 4 is 11.9 Å². The predicted molar refractivity (Wildman–Crippen MR) is 102 cm³/mol. The molecule has 1 aromatic heterocycles. The summed E-state index contributed by atoms with van der Waals surface area (Å²) in [6, 6.07) is 13.6. The first-order valence-electron chi connectivity index (χ1n) is 8.89. The molecule has 142 valence electrons. The predicted octanol–water partition coefficient (Wildman–Crippen LogP) is 2.91. The highest BCUT2D eigenvalue weighted by Gasteiger charge is 2.38. The van der Waals surface area contributed by atoms with E-state index in [9.17, 15) is 14.7 Å². The van der Waals surface area contributed by atoms with Gasteiger partial charge in [-0.3, -0.25) is 4.79 Å². The molecule has 0 radical (unpaired) electrons. The summed E-state index contributed by atoms with van der Waals surface area (Å²) < 4.78 is 5.26. The van der Waals surface area contributed by atoms with Crippen LogP contribution in [0.4, 0.5) is 0 Å². The van der Waals surface area contributed by atoms with E-state index in [-0.39, 0.29) is 5.91 Å². The number of H-pyrrole nitrogens is 1. The third kappa shape index (κ3) is 3.11. The summed E-state index contributed by atoms with van der Waals surface area (Å²) in [6.45, 7) is 0.314. The van der Waals surface area contributed by atoms with E-state index >= 15 is 0 Å². The number of benzene rings is 2. The molecule has 0 aliphatic carbocycles. The second kappa shape index (κ2) is 7.19. The van der Waals surface area contributed by atoms with E-state index in [1.54, 1.807) is 25.3 Å². The summed E-state index contributed by atoms with van der Waals surface area (Å²) in [6.07, 6.45) is 2.01. The zero-order valence-electron chi connectivity index (χ0n) is 15.3. The van der Waals surface area contributed by atoms with Gasteiger partial charge in [-0.1, -0.05) is 24.3 Å². The van der Waals surface area contributed by atoms with Crippen molar-refractivity contribution in [3.8, 4) is 16.9 Å². The van der Waals surface area contributed by atoms with E-state index in [0.717, 1.165) is 22.6 Å². The van der Waals surface area contributed by atoms with Gasteiger partial charge in [0.15, 0.2) is 6.04 Å². The van der Waals surface area contributed by atoms with E-state index in [1.165, 1.54) is 11.2 Å². The number of nitrogens with zero attached hydrogens (tertiary/aromatic N) is 2.